The van der Waals surface area contributed by atoms with Gasteiger partial charge in [-0.05, 0) is 133 Å². The number of likely N-dealkylation sites (tertiary alicyclic amines) is 1. The molecule has 5 amide bonds. The lowest BCUT2D eigenvalue weighted by Crippen LogP contribution is -2.48. The fraction of sp³-hybridized carbons (Fsp3) is 0.478. The summed E-state index contributed by atoms with van der Waals surface area (Å²) < 4.78 is 26.8. The zero-order valence-electron chi connectivity index (χ0n) is 36.8. The molecular weight excluding hydrogens is 810 g/mol. The van der Waals surface area contributed by atoms with Gasteiger partial charge < -0.3 is 35.6 Å². The molecule has 2 heterocycles. The average molecular weight is 868 g/mol. The maximum absolute atomic E-state index is 16.0. The predicted molar refractivity (Wildman–Crippen MR) is 234 cm³/mol. The summed E-state index contributed by atoms with van der Waals surface area (Å²) in [6.07, 6.45) is 2.96. The van der Waals surface area contributed by atoms with Gasteiger partial charge in [-0.25, -0.2) is 14.0 Å². The van der Waals surface area contributed by atoms with Gasteiger partial charge in [0.05, 0.1) is 5.56 Å². The monoisotopic (exact) mass is 867 g/mol. The molecular formula is C46H58FN9O7. The van der Waals surface area contributed by atoms with Gasteiger partial charge in [-0.2, -0.15) is 5.21 Å². The molecule has 63 heavy (non-hydrogen) atoms. The van der Waals surface area contributed by atoms with E-state index in [2.05, 4.69) is 41.9 Å². The summed E-state index contributed by atoms with van der Waals surface area (Å²) in [4.78, 5) is 67.2. The maximum atomic E-state index is 16.0. The number of rotatable bonds is 12. The number of benzene rings is 3. The van der Waals surface area contributed by atoms with Gasteiger partial charge in [0.25, 0.3) is 5.91 Å². The van der Waals surface area contributed by atoms with Crippen LogP contribution < -0.4 is 21.3 Å². The van der Waals surface area contributed by atoms with Crippen molar-refractivity contribution in [2.75, 3.05) is 25.0 Å². The smallest absolute Gasteiger partial charge is 0.410 e. The number of hydrogen-bond donors (Lipinski definition) is 5. The fourth-order valence-electron chi connectivity index (χ4n) is 7.67. The first-order valence-electron chi connectivity index (χ1n) is 21.5. The van der Waals surface area contributed by atoms with E-state index >= 15 is 4.39 Å². The minimum atomic E-state index is -0.952. The van der Waals surface area contributed by atoms with Crippen molar-refractivity contribution in [3.63, 3.8) is 0 Å². The van der Waals surface area contributed by atoms with Crippen LogP contribution in [0.15, 0.2) is 66.7 Å². The first kappa shape index (κ1) is 46.1. The van der Waals surface area contributed by atoms with Crippen LogP contribution in [0.1, 0.15) is 96.0 Å². The van der Waals surface area contributed by atoms with E-state index in [-0.39, 0.29) is 41.3 Å². The van der Waals surface area contributed by atoms with Crippen LogP contribution >= 0.6 is 0 Å². The minimum Gasteiger partial charge on any atom is -0.444 e. The Labute approximate surface area is 366 Å². The van der Waals surface area contributed by atoms with Crippen LogP contribution in [0.4, 0.5) is 19.7 Å². The SMILES string of the molecule is CC(C)(C)OC(=O)NCC1CCC(C(=O)N[C@@H](Cc2ccc(-c3cccc(C(=O)NC4CCN(C(=O)OC(C)(C)C)CC4)c3F)cc2)C(=O)Nc2ccc(-c3nn[nH]n3)cc2)CC1. The molecule has 1 saturated carbocycles. The molecule has 0 bridgehead atoms. The van der Waals surface area contributed by atoms with E-state index < -0.39 is 47.1 Å². The Bertz CT molecular complexity index is 2210. The van der Waals surface area contributed by atoms with E-state index in [1.807, 2.05) is 41.5 Å². The van der Waals surface area contributed by atoms with Crippen LogP contribution in [-0.4, -0.2) is 98.4 Å². The third-order valence-corrected chi connectivity index (χ3v) is 11.0. The Morgan fingerprint density at radius 2 is 1.48 bits per heavy atom. The number of piperidine rings is 1. The fourth-order valence-corrected chi connectivity index (χ4v) is 7.67. The molecule has 0 radical (unpaired) electrons. The molecule has 1 atom stereocenters. The van der Waals surface area contributed by atoms with Gasteiger partial charge in [-0.3, -0.25) is 14.4 Å². The highest BCUT2D eigenvalue weighted by Crippen LogP contribution is 2.30. The summed E-state index contributed by atoms with van der Waals surface area (Å²) in [6, 6.07) is 17.4. The first-order valence-corrected chi connectivity index (χ1v) is 21.5. The van der Waals surface area contributed by atoms with Gasteiger partial charge in [0.15, 0.2) is 0 Å². The number of anilines is 1. The molecule has 5 N–H and O–H groups in total. The Morgan fingerprint density at radius 1 is 0.825 bits per heavy atom. The third kappa shape index (κ3) is 13.3. The van der Waals surface area contributed by atoms with Crippen molar-refractivity contribution in [3.8, 4) is 22.5 Å². The maximum Gasteiger partial charge on any atom is 0.410 e. The van der Waals surface area contributed by atoms with Crippen molar-refractivity contribution in [1.82, 2.24) is 41.5 Å². The molecule has 4 aromatic rings. The van der Waals surface area contributed by atoms with E-state index in [1.54, 1.807) is 65.6 Å². The van der Waals surface area contributed by atoms with Crippen LogP contribution in [0.5, 0.6) is 0 Å². The number of nitrogens with one attached hydrogen (secondary N) is 5. The number of H-pyrrole nitrogens is 1. The molecule has 1 aliphatic heterocycles. The molecule has 336 valence electrons. The molecule has 2 aliphatic rings. The van der Waals surface area contributed by atoms with E-state index in [0.717, 1.165) is 18.4 Å². The number of tetrazole rings is 1. The predicted octanol–water partition coefficient (Wildman–Crippen LogP) is 6.80. The first-order chi connectivity index (χ1) is 29.9. The second-order valence-corrected chi connectivity index (χ2v) is 18.2. The number of ether oxygens (including phenoxy) is 2. The van der Waals surface area contributed by atoms with Crippen molar-refractivity contribution in [3.05, 3.63) is 83.7 Å². The molecule has 6 rings (SSSR count). The normalized spacial score (nSPS) is 17.5. The van der Waals surface area contributed by atoms with Crippen LogP contribution in [0.2, 0.25) is 0 Å². The van der Waals surface area contributed by atoms with Crippen LogP contribution in [0.3, 0.4) is 0 Å². The Kier molecular flexibility index (Phi) is 14.8. The molecule has 0 spiro atoms. The molecule has 16 nitrogen and oxygen atoms in total. The quantitative estimate of drug-likeness (QED) is 0.101. The molecule has 1 saturated heterocycles. The molecule has 0 unspecified atom stereocenters. The third-order valence-electron chi connectivity index (χ3n) is 11.0. The van der Waals surface area contributed by atoms with Gasteiger partial charge in [0, 0.05) is 54.8 Å². The number of carbonyl (C=O) groups is 5. The molecule has 1 aliphatic carbocycles. The number of aromatic nitrogens is 4. The number of alkyl carbamates (subject to hydrolysis) is 1. The van der Waals surface area contributed by atoms with Gasteiger partial charge in [-0.1, -0.05) is 36.4 Å². The highest BCUT2D eigenvalue weighted by Gasteiger charge is 2.31. The average Bonchev–Trinajstić information content (AvgIpc) is 3.78. The van der Waals surface area contributed by atoms with Crippen molar-refractivity contribution < 1.29 is 37.8 Å². The number of aromatic amines is 1. The zero-order chi connectivity index (χ0) is 45.3. The number of nitrogens with zero attached hydrogens (tertiary/aromatic N) is 4. The number of carbonyl (C=O) groups excluding carboxylic acids is 5. The van der Waals surface area contributed by atoms with Gasteiger partial charge in [0.2, 0.25) is 17.6 Å². The van der Waals surface area contributed by atoms with E-state index in [0.29, 0.717) is 68.0 Å². The zero-order valence-corrected chi connectivity index (χ0v) is 36.8. The second-order valence-electron chi connectivity index (χ2n) is 18.2. The Balaban J connectivity index is 1.09. The van der Waals surface area contributed by atoms with Crippen molar-refractivity contribution >= 4 is 35.6 Å². The summed E-state index contributed by atoms with van der Waals surface area (Å²) >= 11 is 0. The highest BCUT2D eigenvalue weighted by atomic mass is 19.1. The second kappa shape index (κ2) is 20.2. The lowest BCUT2D eigenvalue weighted by atomic mass is 9.81. The van der Waals surface area contributed by atoms with Gasteiger partial charge >= 0.3 is 12.2 Å². The number of amides is 5. The van der Waals surface area contributed by atoms with Crippen LogP contribution in [0.25, 0.3) is 22.5 Å². The molecule has 3 aromatic carbocycles. The lowest BCUT2D eigenvalue weighted by Gasteiger charge is -2.33. The standard InChI is InChI=1S/C46H58FN9O7/c1-45(2,3)62-43(60)48-27-29-12-16-32(17-13-29)40(57)51-37(42(59)50-33-20-18-31(19-21-33)39-52-54-55-53-39)26-28-10-14-30(15-11-28)35-8-7-9-36(38(35)47)41(58)49-34-22-24-56(25-23-34)44(61)63-46(4,5)6/h7-11,14-15,18-21,29,32,34,37H,12-13,16-17,22-27H2,1-6H3,(H,48,60)(H,49,58)(H,50,59)(H,51,57)(H,52,53,54,55)/t29?,32?,37-/m0/s1. The largest absolute Gasteiger partial charge is 0.444 e. The summed E-state index contributed by atoms with van der Waals surface area (Å²) in [7, 11) is 0. The molecule has 17 heteroatoms. The van der Waals surface area contributed by atoms with E-state index in [4.69, 9.17) is 9.47 Å². The molecule has 1 aromatic heterocycles. The minimum absolute atomic E-state index is 0.0933. The lowest BCUT2D eigenvalue weighted by molar-refractivity contribution is -0.130. The van der Waals surface area contributed by atoms with Crippen molar-refractivity contribution in [2.45, 2.75) is 110 Å². The Morgan fingerprint density at radius 3 is 2.10 bits per heavy atom. The summed E-state index contributed by atoms with van der Waals surface area (Å²) in [5.41, 5.74) is 1.38. The van der Waals surface area contributed by atoms with Crippen LogP contribution in [0, 0.1) is 17.7 Å². The summed E-state index contributed by atoms with van der Waals surface area (Å²) in [6.45, 7) is 12.1. The van der Waals surface area contributed by atoms with E-state index in [9.17, 15) is 24.0 Å². The summed E-state index contributed by atoms with van der Waals surface area (Å²) in [5.74, 6) is -1.57. The van der Waals surface area contributed by atoms with Crippen molar-refractivity contribution in [2.24, 2.45) is 11.8 Å². The molecule has 2 fully saturated rings. The topological polar surface area (TPSA) is 210 Å². The van der Waals surface area contributed by atoms with E-state index in [1.165, 1.54) is 6.07 Å². The Hall–Kier alpha value is -6.39. The highest BCUT2D eigenvalue weighted by molar-refractivity contribution is 5.98. The van der Waals surface area contributed by atoms with Gasteiger partial charge in [0.1, 0.15) is 23.1 Å². The van der Waals surface area contributed by atoms with Crippen molar-refractivity contribution in [1.29, 1.82) is 0 Å². The summed E-state index contributed by atoms with van der Waals surface area (Å²) in [5, 5.41) is 25.6. The number of hydrogen-bond acceptors (Lipinski definition) is 10. The van der Waals surface area contributed by atoms with Gasteiger partial charge in [-0.15, -0.1) is 10.2 Å². The number of halogens is 1. The van der Waals surface area contributed by atoms with Crippen LogP contribution in [-0.2, 0) is 25.5 Å².